The number of benzene rings is 1. The van der Waals surface area contributed by atoms with E-state index in [1.807, 2.05) is 43.3 Å². The highest BCUT2D eigenvalue weighted by Crippen LogP contribution is 2.26. The van der Waals surface area contributed by atoms with E-state index >= 15 is 0 Å². The van der Waals surface area contributed by atoms with Gasteiger partial charge in [0.25, 0.3) is 0 Å². The monoisotopic (exact) mass is 308 g/mol. The highest BCUT2D eigenvalue weighted by Gasteiger charge is 2.12. The molecule has 0 saturated carbocycles. The summed E-state index contributed by atoms with van der Waals surface area (Å²) in [6.07, 6.45) is 0.881. The van der Waals surface area contributed by atoms with Crippen LogP contribution < -0.4 is 10.6 Å². The largest absolute Gasteiger partial charge is 0.331 e. The van der Waals surface area contributed by atoms with Gasteiger partial charge in [-0.2, -0.15) is 0 Å². The smallest absolute Gasteiger partial charge is 0.319 e. The highest BCUT2D eigenvalue weighted by atomic mass is 35.5. The van der Waals surface area contributed by atoms with Crippen LogP contribution in [-0.4, -0.2) is 6.03 Å². The lowest BCUT2D eigenvalue weighted by Crippen LogP contribution is -2.31. The number of halogens is 1. The number of nitrogens with one attached hydrogen (secondary N) is 2. The number of hydrogen-bond donors (Lipinski definition) is 2. The van der Waals surface area contributed by atoms with Gasteiger partial charge in [-0.05, 0) is 37.1 Å². The maximum Gasteiger partial charge on any atom is 0.319 e. The van der Waals surface area contributed by atoms with Crippen molar-refractivity contribution >= 4 is 34.7 Å². The van der Waals surface area contributed by atoms with E-state index in [0.29, 0.717) is 0 Å². The van der Waals surface area contributed by atoms with Crippen molar-refractivity contribution < 1.29 is 4.79 Å². The molecule has 0 aliphatic carbocycles. The number of hydrogen-bond acceptors (Lipinski definition) is 2. The molecule has 0 radical (unpaired) electrons. The molecule has 1 atom stereocenters. The average molecular weight is 309 g/mol. The zero-order valence-corrected chi connectivity index (χ0v) is 13.0. The molecule has 0 bridgehead atoms. The standard InChI is InChI=1S/C15H17ClN2OS/c1-3-11-6-4-5-7-12(11)18-15(19)17-10(2)13-8-9-14(16)20-13/h4-10H,3H2,1-2H3,(H2,17,18,19). The van der Waals surface area contributed by atoms with E-state index in [1.165, 1.54) is 11.3 Å². The zero-order chi connectivity index (χ0) is 14.5. The van der Waals surface area contributed by atoms with Gasteiger partial charge in [0, 0.05) is 10.6 Å². The van der Waals surface area contributed by atoms with Crippen molar-refractivity contribution in [1.82, 2.24) is 5.32 Å². The predicted molar refractivity (Wildman–Crippen MR) is 85.7 cm³/mol. The Labute approximate surface area is 128 Å². The molecule has 1 unspecified atom stereocenters. The predicted octanol–water partition coefficient (Wildman–Crippen LogP) is 4.85. The summed E-state index contributed by atoms with van der Waals surface area (Å²) >= 11 is 7.38. The van der Waals surface area contributed by atoms with Gasteiger partial charge >= 0.3 is 6.03 Å². The fraction of sp³-hybridized carbons (Fsp3) is 0.267. The molecule has 1 aromatic carbocycles. The van der Waals surface area contributed by atoms with Crippen LogP contribution in [0.25, 0.3) is 0 Å². The Morgan fingerprint density at radius 1 is 1.30 bits per heavy atom. The van der Waals surface area contributed by atoms with E-state index in [9.17, 15) is 4.79 Å². The average Bonchev–Trinajstić information content (AvgIpc) is 2.86. The highest BCUT2D eigenvalue weighted by molar-refractivity contribution is 7.16. The summed E-state index contributed by atoms with van der Waals surface area (Å²) in [5, 5.41) is 5.80. The number of amides is 2. The lowest BCUT2D eigenvalue weighted by atomic mass is 10.1. The minimum absolute atomic E-state index is 0.0683. The number of rotatable bonds is 4. The lowest BCUT2D eigenvalue weighted by molar-refractivity contribution is 0.249. The van der Waals surface area contributed by atoms with Gasteiger partial charge in [0.15, 0.2) is 0 Å². The number of anilines is 1. The van der Waals surface area contributed by atoms with E-state index in [1.54, 1.807) is 0 Å². The second-order valence-corrected chi connectivity index (χ2v) is 6.22. The van der Waals surface area contributed by atoms with Gasteiger partial charge in [-0.25, -0.2) is 4.79 Å². The molecule has 0 aliphatic rings. The fourth-order valence-electron chi connectivity index (χ4n) is 1.94. The maximum atomic E-state index is 12.0. The Morgan fingerprint density at radius 2 is 2.05 bits per heavy atom. The molecular weight excluding hydrogens is 292 g/mol. The Morgan fingerprint density at radius 3 is 2.70 bits per heavy atom. The van der Waals surface area contributed by atoms with Gasteiger partial charge in [0.05, 0.1) is 10.4 Å². The second kappa shape index (κ2) is 6.77. The van der Waals surface area contributed by atoms with Crippen LogP contribution in [0.5, 0.6) is 0 Å². The molecule has 0 aliphatic heterocycles. The topological polar surface area (TPSA) is 41.1 Å². The molecule has 0 saturated heterocycles. The molecule has 1 heterocycles. The van der Waals surface area contributed by atoms with E-state index in [-0.39, 0.29) is 12.1 Å². The molecule has 0 fully saturated rings. The van der Waals surface area contributed by atoms with Crippen molar-refractivity contribution in [3.63, 3.8) is 0 Å². The van der Waals surface area contributed by atoms with Crippen molar-refractivity contribution in [1.29, 1.82) is 0 Å². The molecule has 3 nitrogen and oxygen atoms in total. The van der Waals surface area contributed by atoms with Gasteiger partial charge in [-0.1, -0.05) is 36.7 Å². The normalized spacial score (nSPS) is 11.9. The summed E-state index contributed by atoms with van der Waals surface area (Å²) in [5.74, 6) is 0. The van der Waals surface area contributed by atoms with Crippen molar-refractivity contribution in [2.45, 2.75) is 26.3 Å². The molecule has 2 aromatic rings. The minimum atomic E-state index is -0.206. The molecule has 1 aromatic heterocycles. The molecule has 106 valence electrons. The third-order valence-corrected chi connectivity index (χ3v) is 4.43. The summed E-state index contributed by atoms with van der Waals surface area (Å²) in [7, 11) is 0. The van der Waals surface area contributed by atoms with Crippen molar-refractivity contribution in [2.24, 2.45) is 0 Å². The van der Waals surface area contributed by atoms with Gasteiger partial charge < -0.3 is 10.6 Å². The summed E-state index contributed by atoms with van der Waals surface area (Å²) in [5.41, 5.74) is 1.97. The number of carbonyl (C=O) groups is 1. The van der Waals surface area contributed by atoms with Gasteiger partial charge in [-0.3, -0.25) is 0 Å². The van der Waals surface area contributed by atoms with Crippen molar-refractivity contribution in [3.05, 3.63) is 51.2 Å². The van der Waals surface area contributed by atoms with Crippen LogP contribution in [0.2, 0.25) is 4.34 Å². The summed E-state index contributed by atoms with van der Waals surface area (Å²) < 4.78 is 0.727. The first-order valence-electron chi connectivity index (χ1n) is 6.50. The number of thiophene rings is 1. The zero-order valence-electron chi connectivity index (χ0n) is 11.4. The first-order valence-corrected chi connectivity index (χ1v) is 7.70. The summed E-state index contributed by atoms with van der Waals surface area (Å²) in [6, 6.07) is 11.3. The summed E-state index contributed by atoms with van der Waals surface area (Å²) in [6.45, 7) is 4.00. The SMILES string of the molecule is CCc1ccccc1NC(=O)NC(C)c1ccc(Cl)s1. The quantitative estimate of drug-likeness (QED) is 0.833. The van der Waals surface area contributed by atoms with Crippen molar-refractivity contribution in [2.75, 3.05) is 5.32 Å². The van der Waals surface area contributed by atoms with Crippen LogP contribution in [0, 0.1) is 0 Å². The first kappa shape index (κ1) is 14.9. The second-order valence-electron chi connectivity index (χ2n) is 4.47. The van der Waals surface area contributed by atoms with Crippen LogP contribution in [-0.2, 0) is 6.42 Å². The van der Waals surface area contributed by atoms with Crippen LogP contribution in [0.3, 0.4) is 0 Å². The van der Waals surface area contributed by atoms with E-state index in [4.69, 9.17) is 11.6 Å². The first-order chi connectivity index (χ1) is 9.60. The van der Waals surface area contributed by atoms with Crippen molar-refractivity contribution in [3.8, 4) is 0 Å². The molecule has 5 heteroatoms. The Hall–Kier alpha value is -1.52. The van der Waals surface area contributed by atoms with E-state index in [0.717, 1.165) is 26.9 Å². The van der Waals surface area contributed by atoms with Crippen LogP contribution in [0.4, 0.5) is 10.5 Å². The number of aryl methyl sites for hydroxylation is 1. The maximum absolute atomic E-state index is 12.0. The minimum Gasteiger partial charge on any atom is -0.331 e. The number of urea groups is 1. The Kier molecular flexibility index (Phi) is 5.04. The van der Waals surface area contributed by atoms with Gasteiger partial charge in [0.2, 0.25) is 0 Å². The molecule has 2 amide bonds. The van der Waals surface area contributed by atoms with E-state index < -0.39 is 0 Å². The van der Waals surface area contributed by atoms with Gasteiger partial charge in [0.1, 0.15) is 0 Å². The third-order valence-electron chi connectivity index (χ3n) is 3.01. The third kappa shape index (κ3) is 3.74. The van der Waals surface area contributed by atoms with Gasteiger partial charge in [-0.15, -0.1) is 11.3 Å². The fourth-order valence-corrected chi connectivity index (χ4v) is 3.00. The Balaban J connectivity index is 1.98. The molecule has 2 rings (SSSR count). The molecule has 2 N–H and O–H groups in total. The van der Waals surface area contributed by atoms with Crippen LogP contribution in [0.15, 0.2) is 36.4 Å². The van der Waals surface area contributed by atoms with E-state index in [2.05, 4.69) is 17.6 Å². The lowest BCUT2D eigenvalue weighted by Gasteiger charge is -2.14. The number of carbonyl (C=O) groups excluding carboxylic acids is 1. The Bertz CT molecular complexity index is 597. The van der Waals surface area contributed by atoms with Crippen LogP contribution in [0.1, 0.15) is 30.3 Å². The van der Waals surface area contributed by atoms with Crippen LogP contribution >= 0.6 is 22.9 Å². The summed E-state index contributed by atoms with van der Waals surface area (Å²) in [4.78, 5) is 13.1. The molecule has 20 heavy (non-hydrogen) atoms. The molecule has 0 spiro atoms. The number of para-hydroxylation sites is 1. The molecular formula is C15H17ClN2OS.